The lowest BCUT2D eigenvalue weighted by Gasteiger charge is -1.99. The Morgan fingerprint density at radius 1 is 1.70 bits per heavy atom. The molecule has 0 saturated heterocycles. The summed E-state index contributed by atoms with van der Waals surface area (Å²) in [4.78, 5) is 10.4. The number of hydrogen-bond donors (Lipinski definition) is 0. The smallest absolute Gasteiger partial charge is 0.305 e. The Labute approximate surface area is 60.4 Å². The van der Waals surface area contributed by atoms with Gasteiger partial charge in [-0.3, -0.25) is 4.79 Å². The monoisotopic (exact) mass is 148 g/mol. The summed E-state index contributed by atoms with van der Waals surface area (Å²) in [5, 5.41) is 0. The van der Waals surface area contributed by atoms with Gasteiger partial charge in [-0.05, 0) is 19.8 Å². The van der Waals surface area contributed by atoms with Gasteiger partial charge in [-0.1, -0.05) is 0 Å². The van der Waals surface area contributed by atoms with E-state index in [2.05, 4.69) is 4.74 Å². The van der Waals surface area contributed by atoms with Crippen LogP contribution < -0.4 is 0 Å². The number of methoxy groups -OCH3 is 1. The van der Waals surface area contributed by atoms with E-state index in [9.17, 15) is 9.18 Å². The van der Waals surface area contributed by atoms with Crippen LogP contribution in [0.3, 0.4) is 0 Å². The first-order valence-electron chi connectivity index (χ1n) is 3.37. The quantitative estimate of drug-likeness (QED) is 0.567. The van der Waals surface area contributed by atoms with Crippen molar-refractivity contribution in [3.05, 3.63) is 0 Å². The molecule has 60 valence electrons. The third-order valence-electron chi connectivity index (χ3n) is 1.21. The molecule has 0 bridgehead atoms. The first kappa shape index (κ1) is 9.40. The van der Waals surface area contributed by atoms with Crippen LogP contribution in [0, 0.1) is 0 Å². The maximum atomic E-state index is 12.1. The summed E-state index contributed by atoms with van der Waals surface area (Å²) in [7, 11) is 1.33. The van der Waals surface area contributed by atoms with Crippen molar-refractivity contribution in [2.45, 2.75) is 32.4 Å². The highest BCUT2D eigenvalue weighted by molar-refractivity contribution is 5.68. The Morgan fingerprint density at radius 2 is 2.30 bits per heavy atom. The number of alkyl halides is 1. The van der Waals surface area contributed by atoms with Gasteiger partial charge in [0.05, 0.1) is 13.3 Å². The van der Waals surface area contributed by atoms with E-state index in [1.807, 2.05) is 0 Å². The maximum absolute atomic E-state index is 12.1. The number of carbonyl (C=O) groups excluding carboxylic acids is 1. The van der Waals surface area contributed by atoms with Gasteiger partial charge in [0.25, 0.3) is 0 Å². The lowest BCUT2D eigenvalue weighted by Crippen LogP contribution is -2.01. The minimum atomic E-state index is -0.815. The van der Waals surface area contributed by atoms with Gasteiger partial charge in [0.15, 0.2) is 0 Å². The molecule has 3 heteroatoms. The normalized spacial score (nSPS) is 12.7. The number of hydrogen-bond acceptors (Lipinski definition) is 2. The summed E-state index contributed by atoms with van der Waals surface area (Å²) in [5.74, 6) is -0.263. The van der Waals surface area contributed by atoms with Crippen molar-refractivity contribution in [1.29, 1.82) is 0 Å². The van der Waals surface area contributed by atoms with Gasteiger partial charge in [-0.2, -0.15) is 0 Å². The van der Waals surface area contributed by atoms with Crippen molar-refractivity contribution < 1.29 is 13.9 Å². The molecule has 1 unspecified atom stereocenters. The predicted octanol–water partition coefficient (Wildman–Crippen LogP) is 1.69. The molecule has 0 aliphatic heterocycles. The van der Waals surface area contributed by atoms with Gasteiger partial charge >= 0.3 is 5.97 Å². The van der Waals surface area contributed by atoms with Crippen molar-refractivity contribution in [3.8, 4) is 0 Å². The van der Waals surface area contributed by atoms with Crippen molar-refractivity contribution in [1.82, 2.24) is 0 Å². The standard InChI is InChI=1S/C7H13FO2/c1-6(8)4-3-5-7(9)10-2/h6H,3-5H2,1-2H3. The van der Waals surface area contributed by atoms with Crippen molar-refractivity contribution in [2.24, 2.45) is 0 Å². The fraction of sp³-hybridized carbons (Fsp3) is 0.857. The molecule has 2 nitrogen and oxygen atoms in total. The molecule has 10 heavy (non-hydrogen) atoms. The zero-order chi connectivity index (χ0) is 7.98. The molecule has 0 N–H and O–H groups in total. The number of rotatable bonds is 4. The molecule has 0 fully saturated rings. The lowest BCUT2D eigenvalue weighted by atomic mass is 10.2. The Kier molecular flexibility index (Phi) is 4.89. The molecule has 0 rings (SSSR count). The first-order valence-corrected chi connectivity index (χ1v) is 3.37. The van der Waals surface area contributed by atoms with Gasteiger partial charge in [0, 0.05) is 6.42 Å². The highest BCUT2D eigenvalue weighted by Crippen LogP contribution is 2.03. The highest BCUT2D eigenvalue weighted by Gasteiger charge is 2.02. The molecule has 0 aromatic heterocycles. The molecule has 0 aliphatic carbocycles. The van der Waals surface area contributed by atoms with Crippen molar-refractivity contribution in [2.75, 3.05) is 7.11 Å². The van der Waals surface area contributed by atoms with E-state index in [0.29, 0.717) is 19.3 Å². The van der Waals surface area contributed by atoms with Crippen LogP contribution in [0.5, 0.6) is 0 Å². The second kappa shape index (κ2) is 5.21. The van der Waals surface area contributed by atoms with E-state index in [0.717, 1.165) is 0 Å². The fourth-order valence-electron chi connectivity index (χ4n) is 0.630. The van der Waals surface area contributed by atoms with Crippen molar-refractivity contribution in [3.63, 3.8) is 0 Å². The van der Waals surface area contributed by atoms with Crippen LogP contribution in [0.25, 0.3) is 0 Å². The van der Waals surface area contributed by atoms with E-state index in [1.54, 1.807) is 0 Å². The molecule has 0 aromatic carbocycles. The van der Waals surface area contributed by atoms with E-state index >= 15 is 0 Å². The second-order valence-electron chi connectivity index (χ2n) is 2.25. The molecule has 0 spiro atoms. The molecule has 0 aromatic rings. The summed E-state index contributed by atoms with van der Waals surface area (Å²) < 4.78 is 16.5. The van der Waals surface area contributed by atoms with Gasteiger partial charge in [0.2, 0.25) is 0 Å². The van der Waals surface area contributed by atoms with Gasteiger partial charge in [-0.15, -0.1) is 0 Å². The zero-order valence-corrected chi connectivity index (χ0v) is 6.39. The number of halogens is 1. The predicted molar refractivity (Wildman–Crippen MR) is 36.4 cm³/mol. The summed E-state index contributed by atoms with van der Waals surface area (Å²) in [5.41, 5.74) is 0. The van der Waals surface area contributed by atoms with Gasteiger partial charge < -0.3 is 4.74 Å². The Morgan fingerprint density at radius 3 is 2.70 bits per heavy atom. The van der Waals surface area contributed by atoms with E-state index < -0.39 is 6.17 Å². The first-order chi connectivity index (χ1) is 4.66. The molecule has 0 radical (unpaired) electrons. The molecule has 0 saturated carbocycles. The largest absolute Gasteiger partial charge is 0.469 e. The van der Waals surface area contributed by atoms with Crippen LogP contribution in [0.15, 0.2) is 0 Å². The highest BCUT2D eigenvalue weighted by atomic mass is 19.1. The second-order valence-corrected chi connectivity index (χ2v) is 2.25. The van der Waals surface area contributed by atoms with E-state index in [4.69, 9.17) is 0 Å². The average molecular weight is 148 g/mol. The van der Waals surface area contributed by atoms with Crippen LogP contribution in [-0.4, -0.2) is 19.3 Å². The molecule has 0 aliphatic rings. The number of ether oxygens (including phenoxy) is 1. The Balaban J connectivity index is 3.12. The van der Waals surface area contributed by atoms with E-state index in [-0.39, 0.29) is 5.97 Å². The Bertz CT molecular complexity index is 102. The molecular weight excluding hydrogens is 135 g/mol. The Hall–Kier alpha value is -0.600. The maximum Gasteiger partial charge on any atom is 0.305 e. The summed E-state index contributed by atoms with van der Waals surface area (Å²) in [6.45, 7) is 1.48. The third kappa shape index (κ3) is 5.54. The zero-order valence-electron chi connectivity index (χ0n) is 6.39. The van der Waals surface area contributed by atoms with Crippen LogP contribution in [0.2, 0.25) is 0 Å². The van der Waals surface area contributed by atoms with E-state index in [1.165, 1.54) is 14.0 Å². The fourth-order valence-corrected chi connectivity index (χ4v) is 0.630. The van der Waals surface area contributed by atoms with Crippen LogP contribution in [0.1, 0.15) is 26.2 Å². The summed E-state index contributed by atoms with van der Waals surface area (Å²) in [6, 6.07) is 0. The minimum Gasteiger partial charge on any atom is -0.469 e. The molecule has 0 heterocycles. The van der Waals surface area contributed by atoms with Crippen LogP contribution in [0.4, 0.5) is 4.39 Å². The van der Waals surface area contributed by atoms with Gasteiger partial charge in [0.1, 0.15) is 0 Å². The lowest BCUT2D eigenvalue weighted by molar-refractivity contribution is -0.140. The van der Waals surface area contributed by atoms with Crippen LogP contribution in [-0.2, 0) is 9.53 Å². The molecular formula is C7H13FO2. The third-order valence-corrected chi connectivity index (χ3v) is 1.21. The molecule has 1 atom stereocenters. The summed E-state index contributed by atoms with van der Waals surface area (Å²) >= 11 is 0. The number of esters is 1. The number of carbonyl (C=O) groups is 1. The van der Waals surface area contributed by atoms with Crippen molar-refractivity contribution >= 4 is 5.97 Å². The topological polar surface area (TPSA) is 26.3 Å². The van der Waals surface area contributed by atoms with Crippen LogP contribution >= 0.6 is 0 Å². The average Bonchev–Trinajstić information content (AvgIpc) is 1.87. The molecule has 0 amide bonds. The summed E-state index contributed by atoms with van der Waals surface area (Å²) in [6.07, 6.45) is 0.522. The SMILES string of the molecule is COC(=O)CCCC(C)F. The van der Waals surface area contributed by atoms with Gasteiger partial charge in [-0.25, -0.2) is 4.39 Å². The minimum absolute atomic E-state index is 0.263.